The molecule has 2 N–H and O–H groups in total. The van der Waals surface area contributed by atoms with Crippen LogP contribution in [-0.4, -0.2) is 48.2 Å². The fraction of sp³-hybridized carbons (Fsp3) is 0.209. The van der Waals surface area contributed by atoms with Crippen LogP contribution in [0.3, 0.4) is 0 Å². The minimum Gasteiger partial charge on any atom is -0.370 e. The molecule has 53 heavy (non-hydrogen) atoms. The number of carbonyl (C=O) groups excluding carboxylic acids is 3. The van der Waals surface area contributed by atoms with Crippen molar-refractivity contribution in [2.24, 2.45) is 5.73 Å². The number of carbonyl (C=O) groups is 3. The van der Waals surface area contributed by atoms with E-state index in [0.717, 1.165) is 45.4 Å². The maximum absolute atomic E-state index is 13.4. The summed E-state index contributed by atoms with van der Waals surface area (Å²) in [4.78, 5) is 38.9. The lowest BCUT2D eigenvalue weighted by molar-refractivity contribution is -0.138. The van der Waals surface area contributed by atoms with E-state index in [-0.39, 0.29) is 31.7 Å². The highest BCUT2D eigenvalue weighted by atomic mass is 35.5. The highest BCUT2D eigenvalue weighted by Crippen LogP contribution is 2.43. The zero-order chi connectivity index (χ0) is 37.2. The van der Waals surface area contributed by atoms with Crippen molar-refractivity contribution in [2.75, 3.05) is 0 Å². The Morgan fingerprint density at radius 1 is 0.736 bits per heavy atom. The zero-order valence-corrected chi connectivity index (χ0v) is 30.3. The van der Waals surface area contributed by atoms with Crippen LogP contribution in [0.1, 0.15) is 61.3 Å². The van der Waals surface area contributed by atoms with Crippen molar-refractivity contribution in [3.8, 4) is 22.5 Å². The lowest BCUT2D eigenvalue weighted by Gasteiger charge is -2.36. The number of aromatic nitrogens is 4. The first-order valence-electron chi connectivity index (χ1n) is 17.8. The molecule has 1 atom stereocenters. The maximum atomic E-state index is 13.4. The number of unbranched alkanes of at least 4 members (excludes halogenated alkanes) is 1. The number of primary amides is 1. The van der Waals surface area contributed by atoms with Crippen molar-refractivity contribution >= 4 is 28.7 Å². The molecular formula is C43H41ClN6O3. The molecule has 1 aromatic heterocycles. The van der Waals surface area contributed by atoms with Crippen LogP contribution in [0, 0.1) is 0 Å². The molecule has 0 saturated carbocycles. The van der Waals surface area contributed by atoms with E-state index in [0.29, 0.717) is 12.2 Å². The summed E-state index contributed by atoms with van der Waals surface area (Å²) in [5.74, 6) is -0.182. The molecule has 0 spiro atoms. The van der Waals surface area contributed by atoms with Crippen LogP contribution in [0.25, 0.3) is 22.5 Å². The minimum atomic E-state index is -0.966. The maximum Gasteiger partial charge on any atom is 0.244 e. The summed E-state index contributed by atoms with van der Waals surface area (Å²) >= 11 is 6.00. The number of hydrogen-bond donors (Lipinski definition) is 1. The second-order valence-electron chi connectivity index (χ2n) is 12.9. The number of benzene rings is 5. The monoisotopic (exact) mass is 724 g/mol. The third kappa shape index (κ3) is 7.95. The van der Waals surface area contributed by atoms with Gasteiger partial charge in [0.1, 0.15) is 11.6 Å². The highest BCUT2D eigenvalue weighted by molar-refractivity contribution is 6.64. The van der Waals surface area contributed by atoms with Gasteiger partial charge in [-0.1, -0.05) is 153 Å². The van der Waals surface area contributed by atoms with Crippen LogP contribution in [-0.2, 0) is 26.5 Å². The van der Waals surface area contributed by atoms with Gasteiger partial charge in [0.15, 0.2) is 5.82 Å². The number of nitrogens with zero attached hydrogens (tertiary/aromatic N) is 5. The van der Waals surface area contributed by atoms with Gasteiger partial charge in [-0.15, -0.1) is 5.10 Å². The van der Waals surface area contributed by atoms with Gasteiger partial charge >= 0.3 is 0 Å². The average Bonchev–Trinajstić information content (AvgIpc) is 3.68. The molecule has 1 heterocycles. The number of tetrazole rings is 1. The first-order valence-corrected chi connectivity index (χ1v) is 18.1. The average molecular weight is 725 g/mol. The predicted molar refractivity (Wildman–Crippen MR) is 206 cm³/mol. The van der Waals surface area contributed by atoms with Crippen LogP contribution < -0.4 is 5.73 Å². The van der Waals surface area contributed by atoms with Gasteiger partial charge in [-0.25, -0.2) is 4.68 Å². The summed E-state index contributed by atoms with van der Waals surface area (Å²) in [6.07, 6.45) is 1.76. The fourth-order valence-corrected chi connectivity index (χ4v) is 7.14. The van der Waals surface area contributed by atoms with Crippen LogP contribution in [0.2, 0.25) is 0 Å². The van der Waals surface area contributed by atoms with Gasteiger partial charge in [-0.2, -0.15) is 0 Å². The van der Waals surface area contributed by atoms with Crippen LogP contribution in [0.5, 0.6) is 0 Å². The molecular weight excluding hydrogens is 684 g/mol. The van der Waals surface area contributed by atoms with E-state index in [1.54, 1.807) is 0 Å². The normalized spacial score (nSPS) is 11.9. The molecule has 2 amide bonds. The van der Waals surface area contributed by atoms with Crippen molar-refractivity contribution in [2.45, 2.75) is 57.2 Å². The number of halogens is 1. The van der Waals surface area contributed by atoms with Gasteiger partial charge < -0.3 is 10.6 Å². The van der Waals surface area contributed by atoms with Gasteiger partial charge in [0.05, 0.1) is 0 Å². The van der Waals surface area contributed by atoms with Gasteiger partial charge in [0, 0.05) is 24.9 Å². The molecule has 10 heteroatoms. The molecule has 0 aliphatic heterocycles. The Bertz CT molecular complexity index is 2040. The lowest BCUT2D eigenvalue weighted by atomic mass is 9.77. The number of nitrogens with two attached hydrogens (primary N) is 1. The van der Waals surface area contributed by atoms with E-state index in [2.05, 4.69) is 46.7 Å². The van der Waals surface area contributed by atoms with Crippen LogP contribution >= 0.6 is 11.6 Å². The first kappa shape index (κ1) is 36.8. The van der Waals surface area contributed by atoms with Crippen molar-refractivity contribution in [3.05, 3.63) is 162 Å². The predicted octanol–water partition coefficient (Wildman–Crippen LogP) is 7.77. The van der Waals surface area contributed by atoms with E-state index < -0.39 is 22.7 Å². The van der Waals surface area contributed by atoms with Gasteiger partial charge in [-0.3, -0.25) is 14.4 Å². The summed E-state index contributed by atoms with van der Waals surface area (Å²) in [7, 11) is 0. The van der Waals surface area contributed by atoms with E-state index >= 15 is 0 Å². The van der Waals surface area contributed by atoms with Crippen molar-refractivity contribution in [1.82, 2.24) is 25.1 Å². The van der Waals surface area contributed by atoms with Crippen LogP contribution in [0.15, 0.2) is 140 Å². The number of amides is 2. The molecule has 0 saturated heterocycles. The topological polar surface area (TPSA) is 124 Å². The van der Waals surface area contributed by atoms with E-state index in [9.17, 15) is 14.4 Å². The smallest absolute Gasteiger partial charge is 0.244 e. The summed E-state index contributed by atoms with van der Waals surface area (Å²) in [5, 5.41) is 13.0. The standard InChI is InChI=1S/C43H41ClN6O3/c1-2-3-23-40(52)49(38(41(44)53)28-29-39(45)51)30-31-24-26-32(27-25-31)36-21-13-14-22-37(36)42-46-47-48-50(42)43(33-15-7-4-8-16-33,34-17-9-5-10-18-34)35-19-11-6-12-20-35/h4-22,24-27,38H,2-3,23,28-30H2,1H3,(H2,45,51)/t38-/m0/s1. The molecule has 0 unspecified atom stereocenters. The fourth-order valence-electron chi connectivity index (χ4n) is 6.92. The summed E-state index contributed by atoms with van der Waals surface area (Å²) < 4.78 is 1.91. The summed E-state index contributed by atoms with van der Waals surface area (Å²) in [6.45, 7) is 2.15. The Morgan fingerprint density at radius 3 is 1.77 bits per heavy atom. The minimum absolute atomic E-state index is 0.0595. The zero-order valence-electron chi connectivity index (χ0n) is 29.5. The Hall–Kier alpha value is -5.93. The Kier molecular flexibility index (Phi) is 11.9. The van der Waals surface area contributed by atoms with Gasteiger partial charge in [-0.05, 0) is 68.3 Å². The molecule has 0 radical (unpaired) electrons. The first-order chi connectivity index (χ1) is 25.8. The Morgan fingerprint density at radius 2 is 1.26 bits per heavy atom. The Labute approximate surface area is 314 Å². The molecule has 0 aliphatic carbocycles. The third-order valence-corrected chi connectivity index (χ3v) is 9.77. The third-order valence-electron chi connectivity index (χ3n) is 9.51. The molecule has 6 rings (SSSR count). The summed E-state index contributed by atoms with van der Waals surface area (Å²) in [6, 6.07) is 45.6. The molecule has 0 aliphatic rings. The van der Waals surface area contributed by atoms with Crippen molar-refractivity contribution in [1.29, 1.82) is 0 Å². The summed E-state index contributed by atoms with van der Waals surface area (Å²) in [5.41, 5.74) is 10.9. The molecule has 0 bridgehead atoms. The number of hydrogen-bond acceptors (Lipinski definition) is 6. The molecule has 9 nitrogen and oxygen atoms in total. The van der Waals surface area contributed by atoms with E-state index in [1.165, 1.54) is 4.90 Å². The van der Waals surface area contributed by atoms with Gasteiger partial charge in [0.2, 0.25) is 17.1 Å². The Balaban J connectivity index is 1.42. The molecule has 5 aromatic carbocycles. The largest absolute Gasteiger partial charge is 0.370 e. The molecule has 0 fully saturated rings. The molecule has 268 valence electrons. The quantitative estimate of drug-likeness (QED) is 0.0804. The number of rotatable bonds is 16. The lowest BCUT2D eigenvalue weighted by Crippen LogP contribution is -2.43. The molecule has 6 aromatic rings. The van der Waals surface area contributed by atoms with Crippen molar-refractivity contribution < 1.29 is 14.4 Å². The van der Waals surface area contributed by atoms with E-state index in [4.69, 9.17) is 22.5 Å². The van der Waals surface area contributed by atoms with Gasteiger partial charge in [0.25, 0.3) is 0 Å². The second kappa shape index (κ2) is 17.1. The van der Waals surface area contributed by atoms with Crippen LogP contribution in [0.4, 0.5) is 0 Å². The highest BCUT2D eigenvalue weighted by Gasteiger charge is 2.42. The SMILES string of the molecule is CCCCC(=O)N(Cc1ccc(-c2ccccc2-c2nnnn2C(c2ccccc2)(c2ccccc2)c2ccccc2)cc1)[C@@H](CCC(N)=O)C(=O)Cl. The second-order valence-corrected chi connectivity index (χ2v) is 13.3. The van der Waals surface area contributed by atoms with E-state index in [1.807, 2.05) is 115 Å². The van der Waals surface area contributed by atoms with Crippen molar-refractivity contribution in [3.63, 3.8) is 0 Å².